The van der Waals surface area contributed by atoms with E-state index in [-0.39, 0.29) is 5.91 Å². The summed E-state index contributed by atoms with van der Waals surface area (Å²) in [5.74, 6) is 2.46. The molecule has 0 unspecified atom stereocenters. The van der Waals surface area contributed by atoms with Crippen LogP contribution in [0.3, 0.4) is 0 Å². The van der Waals surface area contributed by atoms with Gasteiger partial charge in [-0.25, -0.2) is 15.0 Å². The number of pyridine rings is 1. The van der Waals surface area contributed by atoms with Gasteiger partial charge in [0, 0.05) is 29.2 Å². The number of amides is 1. The van der Waals surface area contributed by atoms with Gasteiger partial charge in [-0.2, -0.15) is 0 Å². The highest BCUT2D eigenvalue weighted by molar-refractivity contribution is 6.04. The highest BCUT2D eigenvalue weighted by Crippen LogP contribution is 2.21. The van der Waals surface area contributed by atoms with Crippen LogP contribution in [0, 0.1) is 0 Å². The maximum atomic E-state index is 12.4. The summed E-state index contributed by atoms with van der Waals surface area (Å²) in [6, 6.07) is 21.7. The molecule has 0 saturated heterocycles. The fraction of sp³-hybridized carbons (Fsp3) is 0.0435. The zero-order valence-corrected chi connectivity index (χ0v) is 16.7. The average Bonchev–Trinajstić information content (AvgIpc) is 2.81. The average molecular weight is 412 g/mol. The summed E-state index contributed by atoms with van der Waals surface area (Å²) in [6.07, 6.45) is 3.18. The minimum Gasteiger partial charge on any atom is -0.497 e. The first kappa shape index (κ1) is 19.8. The lowest BCUT2D eigenvalue weighted by molar-refractivity contribution is 0.102. The summed E-state index contributed by atoms with van der Waals surface area (Å²) >= 11 is 0. The van der Waals surface area contributed by atoms with Crippen LogP contribution in [0.1, 0.15) is 10.4 Å². The Morgan fingerprint density at radius 3 is 2.16 bits per heavy atom. The van der Waals surface area contributed by atoms with Crippen LogP contribution >= 0.6 is 0 Å². The molecule has 0 saturated carbocycles. The summed E-state index contributed by atoms with van der Waals surface area (Å²) in [5.41, 5.74) is 2.06. The minimum atomic E-state index is -0.190. The Morgan fingerprint density at radius 1 is 0.774 bits per heavy atom. The number of nitrogens with zero attached hydrogens (tertiary/aromatic N) is 3. The fourth-order valence-electron chi connectivity index (χ4n) is 2.79. The topological polar surface area (TPSA) is 101 Å². The van der Waals surface area contributed by atoms with Crippen molar-refractivity contribution in [2.75, 3.05) is 23.1 Å². The molecule has 2 heterocycles. The number of rotatable bonds is 7. The molecule has 154 valence electrons. The predicted octanol–water partition coefficient (Wildman–Crippen LogP) is 4.62. The molecule has 8 heteroatoms. The predicted molar refractivity (Wildman–Crippen MR) is 120 cm³/mol. The summed E-state index contributed by atoms with van der Waals surface area (Å²) in [7, 11) is 1.59. The van der Waals surface area contributed by atoms with E-state index in [0.29, 0.717) is 34.5 Å². The van der Waals surface area contributed by atoms with E-state index in [1.807, 2.05) is 42.5 Å². The van der Waals surface area contributed by atoms with Crippen molar-refractivity contribution in [1.29, 1.82) is 0 Å². The van der Waals surface area contributed by atoms with Crippen molar-refractivity contribution in [2.45, 2.75) is 0 Å². The zero-order valence-electron chi connectivity index (χ0n) is 16.7. The third-order valence-corrected chi connectivity index (χ3v) is 4.36. The summed E-state index contributed by atoms with van der Waals surface area (Å²) < 4.78 is 5.11. The molecule has 0 aliphatic carbocycles. The lowest BCUT2D eigenvalue weighted by atomic mass is 10.2. The zero-order chi connectivity index (χ0) is 21.5. The SMILES string of the molecule is COc1ccc(C(=O)Nc2ccc(Nc3cc(Nc4ccccn4)ncn3)cc2)cc1. The van der Waals surface area contributed by atoms with E-state index in [9.17, 15) is 4.79 Å². The lowest BCUT2D eigenvalue weighted by Crippen LogP contribution is -2.11. The van der Waals surface area contributed by atoms with E-state index in [0.717, 1.165) is 5.69 Å². The molecule has 0 atom stereocenters. The van der Waals surface area contributed by atoms with Crippen LogP contribution in [0.2, 0.25) is 0 Å². The van der Waals surface area contributed by atoms with Gasteiger partial charge in [-0.15, -0.1) is 0 Å². The van der Waals surface area contributed by atoms with Crippen LogP contribution in [-0.2, 0) is 0 Å². The van der Waals surface area contributed by atoms with E-state index in [4.69, 9.17) is 4.74 Å². The van der Waals surface area contributed by atoms with Gasteiger partial charge in [-0.05, 0) is 60.7 Å². The number of carbonyl (C=O) groups excluding carboxylic acids is 1. The van der Waals surface area contributed by atoms with Gasteiger partial charge < -0.3 is 20.7 Å². The maximum absolute atomic E-state index is 12.4. The minimum absolute atomic E-state index is 0.190. The first-order valence-electron chi connectivity index (χ1n) is 9.52. The van der Waals surface area contributed by atoms with Gasteiger partial charge >= 0.3 is 0 Å². The van der Waals surface area contributed by atoms with E-state index in [2.05, 4.69) is 30.9 Å². The van der Waals surface area contributed by atoms with Gasteiger partial charge in [0.2, 0.25) is 0 Å². The van der Waals surface area contributed by atoms with E-state index in [1.165, 1.54) is 6.33 Å². The Morgan fingerprint density at radius 2 is 1.48 bits per heavy atom. The van der Waals surface area contributed by atoms with Crippen molar-refractivity contribution in [3.05, 3.63) is 90.9 Å². The summed E-state index contributed by atoms with van der Waals surface area (Å²) in [6.45, 7) is 0. The van der Waals surface area contributed by atoms with Gasteiger partial charge in [-0.3, -0.25) is 4.79 Å². The second kappa shape index (κ2) is 9.36. The first-order chi connectivity index (χ1) is 15.2. The van der Waals surface area contributed by atoms with Crippen LogP contribution in [0.25, 0.3) is 0 Å². The number of ether oxygens (including phenoxy) is 1. The number of anilines is 5. The van der Waals surface area contributed by atoms with Gasteiger partial charge in [0.05, 0.1) is 7.11 Å². The molecular formula is C23H20N6O2. The molecule has 4 rings (SSSR count). The second-order valence-corrected chi connectivity index (χ2v) is 6.51. The van der Waals surface area contributed by atoms with Crippen molar-refractivity contribution < 1.29 is 9.53 Å². The second-order valence-electron chi connectivity index (χ2n) is 6.51. The number of benzene rings is 2. The smallest absolute Gasteiger partial charge is 0.255 e. The molecule has 2 aromatic carbocycles. The summed E-state index contributed by atoms with van der Waals surface area (Å²) in [4.78, 5) is 25.0. The Balaban J connectivity index is 1.38. The molecule has 0 aliphatic heterocycles. The molecule has 2 aromatic heterocycles. The number of carbonyl (C=O) groups is 1. The van der Waals surface area contributed by atoms with Crippen LogP contribution in [0.4, 0.5) is 28.8 Å². The highest BCUT2D eigenvalue weighted by atomic mass is 16.5. The van der Waals surface area contributed by atoms with Crippen LogP contribution in [0.5, 0.6) is 5.75 Å². The summed E-state index contributed by atoms with van der Waals surface area (Å²) in [5, 5.41) is 9.22. The van der Waals surface area contributed by atoms with Crippen LogP contribution in [-0.4, -0.2) is 28.0 Å². The molecule has 0 aliphatic rings. The number of hydrogen-bond acceptors (Lipinski definition) is 7. The van der Waals surface area contributed by atoms with Crippen LogP contribution < -0.4 is 20.7 Å². The number of aromatic nitrogens is 3. The molecule has 8 nitrogen and oxygen atoms in total. The molecule has 0 radical (unpaired) electrons. The van der Waals surface area contributed by atoms with E-state index in [1.54, 1.807) is 43.6 Å². The third-order valence-electron chi connectivity index (χ3n) is 4.36. The first-order valence-corrected chi connectivity index (χ1v) is 9.52. The maximum Gasteiger partial charge on any atom is 0.255 e. The Bertz CT molecular complexity index is 1150. The molecule has 31 heavy (non-hydrogen) atoms. The van der Waals surface area contributed by atoms with Crippen molar-refractivity contribution in [3.8, 4) is 5.75 Å². The van der Waals surface area contributed by atoms with Crippen LogP contribution in [0.15, 0.2) is 85.3 Å². The molecule has 0 bridgehead atoms. The Labute approximate surface area is 179 Å². The Hall–Kier alpha value is -4.46. The molecular weight excluding hydrogens is 392 g/mol. The van der Waals surface area contributed by atoms with Gasteiger partial charge in [-0.1, -0.05) is 6.07 Å². The number of methoxy groups -OCH3 is 1. The third kappa shape index (κ3) is 5.33. The highest BCUT2D eigenvalue weighted by Gasteiger charge is 2.07. The molecule has 0 fully saturated rings. The van der Waals surface area contributed by atoms with E-state index >= 15 is 0 Å². The largest absolute Gasteiger partial charge is 0.497 e. The van der Waals surface area contributed by atoms with Gasteiger partial charge in [0.15, 0.2) is 0 Å². The standard InChI is InChI=1S/C23H20N6O2/c1-31-19-11-5-16(6-12-19)23(30)28-18-9-7-17(8-10-18)27-21-14-22(26-15-25-21)29-20-4-2-3-13-24-20/h2-15H,1H3,(H,28,30)(H2,24,25,26,27,29). The molecule has 3 N–H and O–H groups in total. The van der Waals surface area contributed by atoms with Gasteiger partial charge in [0.1, 0.15) is 29.5 Å². The Kier molecular flexibility index (Phi) is 5.99. The quantitative estimate of drug-likeness (QED) is 0.407. The van der Waals surface area contributed by atoms with E-state index < -0.39 is 0 Å². The lowest BCUT2D eigenvalue weighted by Gasteiger charge is -2.10. The van der Waals surface area contributed by atoms with Crippen molar-refractivity contribution >= 4 is 34.7 Å². The number of hydrogen-bond donors (Lipinski definition) is 3. The monoisotopic (exact) mass is 412 g/mol. The van der Waals surface area contributed by atoms with Crippen molar-refractivity contribution in [2.24, 2.45) is 0 Å². The molecule has 4 aromatic rings. The normalized spacial score (nSPS) is 10.2. The van der Waals surface area contributed by atoms with Gasteiger partial charge in [0.25, 0.3) is 5.91 Å². The molecule has 1 amide bonds. The molecule has 0 spiro atoms. The fourth-order valence-corrected chi connectivity index (χ4v) is 2.79. The number of nitrogens with one attached hydrogen (secondary N) is 3. The van der Waals surface area contributed by atoms with Crippen molar-refractivity contribution in [3.63, 3.8) is 0 Å². The van der Waals surface area contributed by atoms with Crippen molar-refractivity contribution in [1.82, 2.24) is 15.0 Å².